The van der Waals surface area contributed by atoms with Crippen molar-refractivity contribution < 1.29 is 27.8 Å². The number of fused-ring (bicyclic) bond motifs is 1. The SMILES string of the molecule is O=C(CC(CO)N1CCCC2C1CCN2c1ccc(OC(F)(F)F)cc1)Nc1ccc(Cl)cc1. The van der Waals surface area contributed by atoms with Gasteiger partial charge in [-0.05, 0) is 74.3 Å². The Labute approximate surface area is 201 Å². The molecular formula is C24H27ClF3N3O3. The molecule has 6 nitrogen and oxygen atoms in total. The van der Waals surface area contributed by atoms with Gasteiger partial charge in [-0.3, -0.25) is 9.69 Å². The number of carbonyl (C=O) groups is 1. The highest BCUT2D eigenvalue weighted by Crippen LogP contribution is 2.36. The lowest BCUT2D eigenvalue weighted by molar-refractivity contribution is -0.274. The Bertz CT molecular complexity index is 972. The van der Waals surface area contributed by atoms with E-state index in [0.29, 0.717) is 10.7 Å². The lowest BCUT2D eigenvalue weighted by atomic mass is 9.94. The van der Waals surface area contributed by atoms with Crippen LogP contribution in [0.2, 0.25) is 5.02 Å². The van der Waals surface area contributed by atoms with Gasteiger partial charge in [-0.25, -0.2) is 0 Å². The monoisotopic (exact) mass is 497 g/mol. The van der Waals surface area contributed by atoms with Crippen LogP contribution in [0, 0.1) is 0 Å². The molecule has 10 heteroatoms. The quantitative estimate of drug-likeness (QED) is 0.582. The van der Waals surface area contributed by atoms with Crippen molar-refractivity contribution in [2.24, 2.45) is 0 Å². The number of benzene rings is 2. The molecule has 0 radical (unpaired) electrons. The van der Waals surface area contributed by atoms with Gasteiger partial charge in [0.05, 0.1) is 6.61 Å². The highest BCUT2D eigenvalue weighted by molar-refractivity contribution is 6.30. The van der Waals surface area contributed by atoms with E-state index in [1.807, 2.05) is 0 Å². The van der Waals surface area contributed by atoms with Crippen molar-refractivity contribution in [2.75, 3.05) is 29.9 Å². The fraction of sp³-hybridized carbons (Fsp3) is 0.458. The molecular weight excluding hydrogens is 471 g/mol. The number of carbonyl (C=O) groups excluding carboxylic acids is 1. The van der Waals surface area contributed by atoms with Gasteiger partial charge in [0.2, 0.25) is 5.91 Å². The van der Waals surface area contributed by atoms with Gasteiger partial charge in [0, 0.05) is 47.5 Å². The van der Waals surface area contributed by atoms with Crippen LogP contribution in [0.4, 0.5) is 24.5 Å². The molecule has 2 saturated heterocycles. The first-order chi connectivity index (χ1) is 16.2. The minimum atomic E-state index is -4.72. The van der Waals surface area contributed by atoms with E-state index in [2.05, 4.69) is 19.9 Å². The third-order valence-electron chi connectivity index (χ3n) is 6.48. The van der Waals surface area contributed by atoms with Crippen molar-refractivity contribution in [3.8, 4) is 5.75 Å². The van der Waals surface area contributed by atoms with Crippen molar-refractivity contribution in [1.82, 2.24) is 4.90 Å². The van der Waals surface area contributed by atoms with Crippen LogP contribution in [-0.2, 0) is 4.79 Å². The fourth-order valence-corrected chi connectivity index (χ4v) is 5.21. The summed E-state index contributed by atoms with van der Waals surface area (Å²) < 4.78 is 41.3. The van der Waals surface area contributed by atoms with E-state index in [1.165, 1.54) is 12.1 Å². The highest BCUT2D eigenvalue weighted by atomic mass is 35.5. The van der Waals surface area contributed by atoms with E-state index < -0.39 is 6.36 Å². The number of hydrogen-bond acceptors (Lipinski definition) is 5. The summed E-state index contributed by atoms with van der Waals surface area (Å²) in [6, 6.07) is 12.8. The standard InChI is InChI=1S/C24H27ClF3N3O3/c25-16-3-5-17(6-4-16)29-23(33)14-19(15-32)30-12-1-2-21-22(30)11-13-31(21)18-7-9-20(10-8-18)34-24(26,27)28/h3-10,19,21-22,32H,1-2,11-15H2,(H,29,33). The van der Waals surface area contributed by atoms with Crippen LogP contribution >= 0.6 is 11.6 Å². The van der Waals surface area contributed by atoms with Crippen LogP contribution in [-0.4, -0.2) is 60.1 Å². The molecule has 4 rings (SSSR count). The summed E-state index contributed by atoms with van der Waals surface area (Å²) in [6.07, 6.45) is -1.87. The molecule has 184 valence electrons. The summed E-state index contributed by atoms with van der Waals surface area (Å²) in [7, 11) is 0. The number of amides is 1. The molecule has 0 aliphatic carbocycles. The number of aliphatic hydroxyl groups excluding tert-OH is 1. The van der Waals surface area contributed by atoms with Gasteiger partial charge < -0.3 is 20.1 Å². The molecule has 2 fully saturated rings. The molecule has 0 spiro atoms. The number of halogens is 4. The average Bonchev–Trinajstić information content (AvgIpc) is 3.23. The number of alkyl halides is 3. The summed E-state index contributed by atoms with van der Waals surface area (Å²) in [5, 5.41) is 13.5. The van der Waals surface area contributed by atoms with Crippen LogP contribution in [0.1, 0.15) is 25.7 Å². The van der Waals surface area contributed by atoms with Gasteiger partial charge in [-0.15, -0.1) is 13.2 Å². The Hall–Kier alpha value is -2.49. The second-order valence-corrected chi connectivity index (χ2v) is 9.07. The van der Waals surface area contributed by atoms with E-state index in [1.54, 1.807) is 36.4 Å². The largest absolute Gasteiger partial charge is 0.573 e. The third kappa shape index (κ3) is 5.95. The maximum Gasteiger partial charge on any atom is 0.573 e. The summed E-state index contributed by atoms with van der Waals surface area (Å²) in [6.45, 7) is 1.40. The number of piperidine rings is 1. The van der Waals surface area contributed by atoms with Crippen molar-refractivity contribution in [3.05, 3.63) is 53.6 Å². The topological polar surface area (TPSA) is 65.0 Å². The minimum Gasteiger partial charge on any atom is -0.406 e. The van der Waals surface area contributed by atoms with E-state index in [9.17, 15) is 23.1 Å². The molecule has 1 amide bonds. The Morgan fingerprint density at radius 3 is 2.44 bits per heavy atom. The van der Waals surface area contributed by atoms with Gasteiger partial charge >= 0.3 is 6.36 Å². The molecule has 0 aromatic heterocycles. The lowest BCUT2D eigenvalue weighted by Gasteiger charge is -2.44. The van der Waals surface area contributed by atoms with Crippen molar-refractivity contribution in [1.29, 1.82) is 0 Å². The van der Waals surface area contributed by atoms with Crippen LogP contribution in [0.25, 0.3) is 0 Å². The average molecular weight is 498 g/mol. The predicted molar refractivity (Wildman–Crippen MR) is 124 cm³/mol. The summed E-state index contributed by atoms with van der Waals surface area (Å²) in [5.41, 5.74) is 1.48. The first-order valence-electron chi connectivity index (χ1n) is 11.3. The molecule has 2 N–H and O–H groups in total. The number of nitrogens with zero attached hydrogens (tertiary/aromatic N) is 2. The van der Waals surface area contributed by atoms with Gasteiger partial charge in [-0.1, -0.05) is 11.6 Å². The number of rotatable bonds is 7. The second kappa shape index (κ2) is 10.4. The fourth-order valence-electron chi connectivity index (χ4n) is 5.08. The van der Waals surface area contributed by atoms with Crippen molar-refractivity contribution in [3.63, 3.8) is 0 Å². The zero-order chi connectivity index (χ0) is 24.3. The lowest BCUT2D eigenvalue weighted by Crippen LogP contribution is -2.55. The molecule has 2 aromatic carbocycles. The molecule has 0 saturated carbocycles. The number of aliphatic hydroxyl groups is 1. The number of anilines is 2. The van der Waals surface area contributed by atoms with Gasteiger partial charge in [-0.2, -0.15) is 0 Å². The van der Waals surface area contributed by atoms with Crippen LogP contribution in [0.15, 0.2) is 48.5 Å². The molecule has 2 aliphatic heterocycles. The zero-order valence-electron chi connectivity index (χ0n) is 18.5. The third-order valence-corrected chi connectivity index (χ3v) is 6.74. The van der Waals surface area contributed by atoms with E-state index in [0.717, 1.165) is 38.0 Å². The molecule has 0 bridgehead atoms. The Balaban J connectivity index is 1.40. The second-order valence-electron chi connectivity index (χ2n) is 8.63. The Morgan fingerprint density at radius 2 is 1.79 bits per heavy atom. The molecule has 3 unspecified atom stereocenters. The molecule has 2 heterocycles. The van der Waals surface area contributed by atoms with E-state index in [4.69, 9.17) is 11.6 Å². The summed E-state index contributed by atoms with van der Waals surface area (Å²) >= 11 is 5.89. The molecule has 2 aliphatic rings. The molecule has 2 aromatic rings. The predicted octanol–water partition coefficient (Wildman–Crippen LogP) is 4.67. The summed E-state index contributed by atoms with van der Waals surface area (Å²) in [4.78, 5) is 17.1. The maximum absolute atomic E-state index is 12.6. The van der Waals surface area contributed by atoms with Crippen LogP contribution < -0.4 is 15.0 Å². The van der Waals surface area contributed by atoms with E-state index >= 15 is 0 Å². The maximum atomic E-state index is 12.6. The van der Waals surface area contributed by atoms with Crippen molar-refractivity contribution >= 4 is 28.9 Å². The smallest absolute Gasteiger partial charge is 0.406 e. The molecule has 34 heavy (non-hydrogen) atoms. The first kappa shape index (κ1) is 24.6. The molecule has 3 atom stereocenters. The number of hydrogen-bond donors (Lipinski definition) is 2. The Morgan fingerprint density at radius 1 is 1.09 bits per heavy atom. The highest BCUT2D eigenvalue weighted by Gasteiger charge is 2.42. The number of ether oxygens (including phenoxy) is 1. The number of likely N-dealkylation sites (tertiary alicyclic amines) is 1. The van der Waals surface area contributed by atoms with Gasteiger partial charge in [0.1, 0.15) is 5.75 Å². The van der Waals surface area contributed by atoms with Gasteiger partial charge in [0.15, 0.2) is 0 Å². The van der Waals surface area contributed by atoms with Gasteiger partial charge in [0.25, 0.3) is 0 Å². The van der Waals surface area contributed by atoms with Crippen LogP contribution in [0.3, 0.4) is 0 Å². The number of nitrogens with one attached hydrogen (secondary N) is 1. The van der Waals surface area contributed by atoms with Crippen molar-refractivity contribution in [2.45, 2.75) is 50.2 Å². The Kier molecular flexibility index (Phi) is 7.54. The van der Waals surface area contributed by atoms with E-state index in [-0.39, 0.29) is 42.8 Å². The first-order valence-corrected chi connectivity index (χ1v) is 11.7. The van der Waals surface area contributed by atoms with Crippen LogP contribution in [0.5, 0.6) is 5.75 Å². The summed E-state index contributed by atoms with van der Waals surface area (Å²) in [5.74, 6) is -0.428. The normalized spacial score (nSPS) is 21.7. The minimum absolute atomic E-state index is 0.138. The zero-order valence-corrected chi connectivity index (χ0v) is 19.2.